The summed E-state index contributed by atoms with van der Waals surface area (Å²) in [7, 11) is 0. The van der Waals surface area contributed by atoms with Gasteiger partial charge in [0.1, 0.15) is 11.6 Å². The highest BCUT2D eigenvalue weighted by molar-refractivity contribution is 6.31. The van der Waals surface area contributed by atoms with Crippen molar-refractivity contribution in [2.75, 3.05) is 0 Å². The predicted molar refractivity (Wildman–Crippen MR) is 190 cm³/mol. The molecule has 3 N–H and O–H groups in total. The normalized spacial score (nSPS) is 12.1. The second-order valence-corrected chi connectivity index (χ2v) is 11.9. The zero-order valence-corrected chi connectivity index (χ0v) is 27.0. The molecule has 0 aliphatic heterocycles. The minimum absolute atomic E-state index is 0.324. The van der Waals surface area contributed by atoms with Crippen molar-refractivity contribution in [2.45, 2.75) is 23.6 Å². The van der Waals surface area contributed by atoms with E-state index < -0.39 is 29.1 Å². The molecular weight excluding hydrogens is 616 g/mol. The molecule has 0 fully saturated rings. The Balaban J connectivity index is 1.37. The van der Waals surface area contributed by atoms with Gasteiger partial charge in [0.25, 0.3) is 0 Å². The monoisotopic (exact) mass is 650 g/mol. The average Bonchev–Trinajstić information content (AvgIpc) is 3.15. The number of amides is 1. The Morgan fingerprint density at radius 2 is 0.917 bits per heavy atom. The van der Waals surface area contributed by atoms with Crippen LogP contribution in [0.4, 0.5) is 0 Å². The molecule has 0 aromatic heterocycles. The highest BCUT2D eigenvalue weighted by Gasteiger charge is 2.44. The van der Waals surface area contributed by atoms with E-state index in [2.05, 4.69) is 5.32 Å². The Labute approximate surface area is 286 Å². The fourth-order valence-electron chi connectivity index (χ4n) is 6.29. The zero-order valence-electron chi connectivity index (χ0n) is 26.2. The molecule has 48 heavy (non-hydrogen) atoms. The van der Waals surface area contributed by atoms with Gasteiger partial charge in [-0.15, -0.1) is 0 Å². The van der Waals surface area contributed by atoms with Crippen LogP contribution in [0.25, 0.3) is 0 Å². The molecule has 6 aromatic carbocycles. The Morgan fingerprint density at radius 1 is 0.562 bits per heavy atom. The van der Waals surface area contributed by atoms with Crippen LogP contribution in [-0.4, -0.2) is 17.9 Å². The van der Waals surface area contributed by atoms with E-state index in [1.165, 1.54) is 0 Å². The number of benzene rings is 6. The molecule has 6 rings (SSSR count). The lowest BCUT2D eigenvalue weighted by Gasteiger charge is -2.38. The zero-order chi connectivity index (χ0) is 33.4. The van der Waals surface area contributed by atoms with Crippen molar-refractivity contribution in [3.8, 4) is 0 Å². The van der Waals surface area contributed by atoms with Crippen molar-refractivity contribution in [1.82, 2.24) is 5.32 Å². The number of hydrogen-bond acceptors (Lipinski definition) is 4. The molecule has 0 bridgehead atoms. The van der Waals surface area contributed by atoms with Crippen LogP contribution in [0.1, 0.15) is 39.8 Å². The minimum atomic E-state index is -1.44. The first-order valence-corrected chi connectivity index (χ1v) is 16.1. The topological polar surface area (TPSA) is 81.4 Å². The lowest BCUT2D eigenvalue weighted by Crippen LogP contribution is -2.50. The maximum atomic E-state index is 14.1. The number of ether oxygens (including phenoxy) is 1. The molecule has 1 atom stereocenters. The second kappa shape index (κ2) is 14.5. The van der Waals surface area contributed by atoms with E-state index in [9.17, 15) is 9.59 Å². The number of nitrogens with two attached hydrogens (primary N) is 1. The first-order valence-electron chi connectivity index (χ1n) is 15.8. The molecule has 5 nitrogen and oxygen atoms in total. The molecule has 0 heterocycles. The molecule has 0 saturated heterocycles. The van der Waals surface area contributed by atoms with Gasteiger partial charge in [0.2, 0.25) is 5.91 Å². The van der Waals surface area contributed by atoms with Crippen molar-refractivity contribution < 1.29 is 14.3 Å². The van der Waals surface area contributed by atoms with Gasteiger partial charge < -0.3 is 15.8 Å². The highest BCUT2D eigenvalue weighted by atomic mass is 35.5. The summed E-state index contributed by atoms with van der Waals surface area (Å²) in [6, 6.07) is 54.1. The third kappa shape index (κ3) is 6.39. The second-order valence-electron chi connectivity index (χ2n) is 11.5. The molecule has 0 aliphatic rings. The molecule has 0 radical (unpaired) electrons. The van der Waals surface area contributed by atoms with Gasteiger partial charge in [-0.1, -0.05) is 181 Å². The number of esters is 1. The van der Waals surface area contributed by atoms with Crippen molar-refractivity contribution in [1.29, 1.82) is 0 Å². The lowest BCUT2D eigenvalue weighted by molar-refractivity contribution is -0.156. The first kappa shape index (κ1) is 32.5. The largest absolute Gasteiger partial charge is 0.443 e. The van der Waals surface area contributed by atoms with Gasteiger partial charge in [-0.2, -0.15) is 0 Å². The average molecular weight is 651 g/mol. The summed E-state index contributed by atoms with van der Waals surface area (Å²) < 4.78 is 6.50. The lowest BCUT2D eigenvalue weighted by atomic mass is 9.77. The standard InChI is InChI=1S/C42H35ClN2O3/c43-37-29-17-16-28-36(37)42(34-24-12-4-13-25-34,35-26-14-5-15-27-35)48-40(47)38(44)30-39(46)45-41(31-18-6-1-7-19-31,32-20-8-2-9-21-32)33-22-10-3-11-23-33/h1-29,38H,30,44H2,(H,45,46)/t38-/m0/s1. The number of carbonyl (C=O) groups is 2. The van der Waals surface area contributed by atoms with Gasteiger partial charge >= 0.3 is 5.97 Å². The summed E-state index contributed by atoms with van der Waals surface area (Å²) >= 11 is 6.82. The van der Waals surface area contributed by atoms with Crippen LogP contribution < -0.4 is 11.1 Å². The number of halogens is 1. The summed E-state index contributed by atoms with van der Waals surface area (Å²) in [5.41, 5.74) is 8.59. The van der Waals surface area contributed by atoms with E-state index in [1.54, 1.807) is 6.07 Å². The maximum Gasteiger partial charge on any atom is 0.325 e. The Bertz CT molecular complexity index is 1820. The van der Waals surface area contributed by atoms with Gasteiger partial charge in [0.15, 0.2) is 5.60 Å². The number of nitrogens with one attached hydrogen (secondary N) is 1. The van der Waals surface area contributed by atoms with Crippen LogP contribution >= 0.6 is 11.6 Å². The van der Waals surface area contributed by atoms with Crippen molar-refractivity contribution >= 4 is 23.5 Å². The summed E-state index contributed by atoms with van der Waals surface area (Å²) in [4.78, 5) is 28.2. The van der Waals surface area contributed by atoms with Gasteiger partial charge in [0.05, 0.1) is 6.42 Å². The van der Waals surface area contributed by atoms with Crippen molar-refractivity contribution in [3.05, 3.63) is 214 Å². The summed E-state index contributed by atoms with van der Waals surface area (Å²) in [5.74, 6) is -1.17. The smallest absolute Gasteiger partial charge is 0.325 e. The first-order chi connectivity index (χ1) is 23.4. The predicted octanol–water partition coefficient (Wildman–Crippen LogP) is 8.00. The van der Waals surface area contributed by atoms with Crippen LogP contribution in [0, 0.1) is 0 Å². The Kier molecular flexibility index (Phi) is 9.81. The van der Waals surface area contributed by atoms with E-state index in [0.29, 0.717) is 21.7 Å². The molecule has 0 spiro atoms. The van der Waals surface area contributed by atoms with E-state index >= 15 is 0 Å². The van der Waals surface area contributed by atoms with E-state index in [1.807, 2.05) is 170 Å². The quantitative estimate of drug-likeness (QED) is 0.110. The number of rotatable bonds is 11. The van der Waals surface area contributed by atoms with Gasteiger partial charge in [0, 0.05) is 21.7 Å². The summed E-state index contributed by atoms with van der Waals surface area (Å²) in [6.07, 6.45) is -0.324. The third-order valence-corrected chi connectivity index (χ3v) is 8.85. The van der Waals surface area contributed by atoms with Crippen LogP contribution in [0.2, 0.25) is 5.02 Å². The van der Waals surface area contributed by atoms with Gasteiger partial charge in [-0.25, -0.2) is 0 Å². The third-order valence-electron chi connectivity index (χ3n) is 8.52. The van der Waals surface area contributed by atoms with Crippen LogP contribution in [0.15, 0.2) is 176 Å². The fourth-order valence-corrected chi connectivity index (χ4v) is 6.56. The molecule has 0 unspecified atom stereocenters. The number of hydrogen-bond donors (Lipinski definition) is 2. The highest BCUT2D eigenvalue weighted by Crippen LogP contribution is 2.44. The molecule has 238 valence electrons. The molecular formula is C42H35ClN2O3. The van der Waals surface area contributed by atoms with Crippen molar-refractivity contribution in [2.24, 2.45) is 5.73 Å². The Morgan fingerprint density at radius 3 is 1.31 bits per heavy atom. The molecule has 6 aromatic rings. The summed E-state index contributed by atoms with van der Waals surface area (Å²) in [5, 5.41) is 3.70. The molecule has 0 saturated carbocycles. The van der Waals surface area contributed by atoms with Crippen LogP contribution in [0.3, 0.4) is 0 Å². The fraction of sp³-hybridized carbons (Fsp3) is 0.0952. The van der Waals surface area contributed by atoms with E-state index in [-0.39, 0.29) is 6.42 Å². The van der Waals surface area contributed by atoms with Crippen LogP contribution in [0.5, 0.6) is 0 Å². The minimum Gasteiger partial charge on any atom is -0.443 e. The Hall–Kier alpha value is -5.49. The van der Waals surface area contributed by atoms with E-state index in [0.717, 1.165) is 16.7 Å². The molecule has 0 aliphatic carbocycles. The molecule has 6 heteroatoms. The van der Waals surface area contributed by atoms with Crippen molar-refractivity contribution in [3.63, 3.8) is 0 Å². The number of carbonyl (C=O) groups excluding carboxylic acids is 2. The summed E-state index contributed by atoms with van der Waals surface area (Å²) in [6.45, 7) is 0. The van der Waals surface area contributed by atoms with Gasteiger partial charge in [-0.3, -0.25) is 9.59 Å². The SMILES string of the molecule is N[C@@H](CC(=O)NC(c1ccccc1)(c1ccccc1)c1ccccc1)C(=O)OC(c1ccccc1)(c1ccccc1)c1ccccc1Cl. The molecule has 1 amide bonds. The van der Waals surface area contributed by atoms with Crippen LogP contribution in [-0.2, 0) is 25.5 Å². The van der Waals surface area contributed by atoms with Gasteiger partial charge in [-0.05, 0) is 22.8 Å². The maximum absolute atomic E-state index is 14.1. The van der Waals surface area contributed by atoms with E-state index in [4.69, 9.17) is 22.1 Å².